The van der Waals surface area contributed by atoms with E-state index in [1.54, 1.807) is 0 Å². The van der Waals surface area contributed by atoms with E-state index in [9.17, 15) is 4.79 Å². The average molecular weight is 456 g/mol. The molecule has 0 N–H and O–H groups in total. The van der Waals surface area contributed by atoms with Gasteiger partial charge in [0.2, 0.25) is 0 Å². The maximum Gasteiger partial charge on any atom is 0.195 e. The Kier molecular flexibility index (Phi) is 8.41. The van der Waals surface area contributed by atoms with Crippen molar-refractivity contribution in [1.82, 2.24) is 4.57 Å². The van der Waals surface area contributed by atoms with Crippen LogP contribution in [-0.4, -0.2) is 17.0 Å². The fraction of sp³-hybridized carbons (Fsp3) is 0.387. The first kappa shape index (κ1) is 24.1. The van der Waals surface area contributed by atoms with Gasteiger partial charge >= 0.3 is 0 Å². The molecule has 0 radical (unpaired) electrons. The summed E-state index contributed by atoms with van der Waals surface area (Å²) in [5, 5.41) is 2.99. The third kappa shape index (κ3) is 5.35. The van der Waals surface area contributed by atoms with Crippen molar-refractivity contribution in [2.75, 3.05) is 6.61 Å². The number of aryl methyl sites for hydroxylation is 1. The van der Waals surface area contributed by atoms with Gasteiger partial charge in [-0.3, -0.25) is 4.79 Å². The van der Waals surface area contributed by atoms with Crippen molar-refractivity contribution in [3.8, 4) is 5.75 Å². The third-order valence-corrected chi connectivity index (χ3v) is 6.67. The van der Waals surface area contributed by atoms with Gasteiger partial charge in [0, 0.05) is 40.2 Å². The number of hydrogen-bond donors (Lipinski definition) is 0. The van der Waals surface area contributed by atoms with Crippen LogP contribution in [0.5, 0.6) is 5.75 Å². The number of fused-ring (bicyclic) bond motifs is 2. The zero-order valence-corrected chi connectivity index (χ0v) is 20.7. The van der Waals surface area contributed by atoms with Crippen LogP contribution in [0.1, 0.15) is 81.1 Å². The van der Waals surface area contributed by atoms with Crippen LogP contribution in [0, 0.1) is 0 Å². The lowest BCUT2D eigenvalue weighted by Gasteiger charge is -2.12. The number of rotatable bonds is 13. The molecule has 4 aromatic rings. The molecule has 0 aliphatic heterocycles. The molecule has 0 spiro atoms. The molecule has 0 aliphatic carbocycles. The molecule has 0 saturated heterocycles. The highest BCUT2D eigenvalue weighted by Gasteiger charge is 2.19. The van der Waals surface area contributed by atoms with Crippen molar-refractivity contribution in [1.29, 1.82) is 0 Å². The van der Waals surface area contributed by atoms with E-state index in [4.69, 9.17) is 4.74 Å². The van der Waals surface area contributed by atoms with Crippen molar-refractivity contribution in [3.63, 3.8) is 0 Å². The molecule has 0 amide bonds. The fourth-order valence-electron chi connectivity index (χ4n) is 4.77. The number of carbonyl (C=O) groups excluding carboxylic acids is 1. The molecule has 3 heteroatoms. The van der Waals surface area contributed by atoms with Crippen LogP contribution in [0.15, 0.2) is 66.9 Å². The molecule has 1 heterocycles. The maximum absolute atomic E-state index is 13.9. The van der Waals surface area contributed by atoms with Gasteiger partial charge in [-0.05, 0) is 36.4 Å². The van der Waals surface area contributed by atoms with Crippen LogP contribution in [0.25, 0.3) is 21.7 Å². The Bertz CT molecular complexity index is 1240. The predicted octanol–water partition coefficient (Wildman–Crippen LogP) is 8.56. The van der Waals surface area contributed by atoms with E-state index in [0.29, 0.717) is 6.61 Å². The standard InChI is InChI=1S/C31H37NO2/c1-3-5-7-13-21-32-23-28(25-16-11-12-18-29(25)32)31(33)27-19-20-30(34-22-14-8-6-4-2)26-17-10-9-15-24(26)27/h9-12,15-20,23H,3-8,13-14,21-22H2,1-2H3. The fourth-order valence-corrected chi connectivity index (χ4v) is 4.77. The highest BCUT2D eigenvalue weighted by Crippen LogP contribution is 2.32. The molecule has 178 valence electrons. The van der Waals surface area contributed by atoms with Crippen LogP contribution in [-0.2, 0) is 6.54 Å². The Labute approximate surface area is 203 Å². The Balaban J connectivity index is 1.64. The van der Waals surface area contributed by atoms with Crippen molar-refractivity contribution >= 4 is 27.5 Å². The van der Waals surface area contributed by atoms with Crippen LogP contribution in [0.3, 0.4) is 0 Å². The highest BCUT2D eigenvalue weighted by molar-refractivity contribution is 6.21. The van der Waals surface area contributed by atoms with Gasteiger partial charge in [0.05, 0.1) is 6.61 Å². The number of para-hydroxylation sites is 1. The second-order valence-electron chi connectivity index (χ2n) is 9.21. The summed E-state index contributed by atoms with van der Waals surface area (Å²) < 4.78 is 8.39. The average Bonchev–Trinajstić information content (AvgIpc) is 3.25. The predicted molar refractivity (Wildman–Crippen MR) is 143 cm³/mol. The Hall–Kier alpha value is -3.07. The summed E-state index contributed by atoms with van der Waals surface area (Å²) in [4.78, 5) is 13.9. The van der Waals surface area contributed by atoms with E-state index >= 15 is 0 Å². The first-order chi connectivity index (χ1) is 16.7. The third-order valence-electron chi connectivity index (χ3n) is 6.67. The van der Waals surface area contributed by atoms with E-state index in [2.05, 4.69) is 48.9 Å². The van der Waals surface area contributed by atoms with Crippen molar-refractivity contribution in [2.24, 2.45) is 0 Å². The van der Waals surface area contributed by atoms with Gasteiger partial charge in [0.25, 0.3) is 0 Å². The number of benzene rings is 3. The molecule has 0 unspecified atom stereocenters. The van der Waals surface area contributed by atoms with E-state index < -0.39 is 0 Å². The molecular weight excluding hydrogens is 418 g/mol. The van der Waals surface area contributed by atoms with Crippen LogP contribution >= 0.6 is 0 Å². The quantitative estimate of drug-likeness (QED) is 0.149. The highest BCUT2D eigenvalue weighted by atomic mass is 16.5. The summed E-state index contributed by atoms with van der Waals surface area (Å²) in [6, 6.07) is 20.3. The topological polar surface area (TPSA) is 31.2 Å². The molecule has 0 bridgehead atoms. The molecule has 0 fully saturated rings. The van der Waals surface area contributed by atoms with Crippen molar-refractivity contribution in [3.05, 3.63) is 78.0 Å². The molecule has 3 nitrogen and oxygen atoms in total. The van der Waals surface area contributed by atoms with Crippen molar-refractivity contribution in [2.45, 2.75) is 71.8 Å². The smallest absolute Gasteiger partial charge is 0.195 e. The lowest BCUT2D eigenvalue weighted by Crippen LogP contribution is -2.04. The lowest BCUT2D eigenvalue weighted by molar-refractivity contribution is 0.104. The van der Waals surface area contributed by atoms with Crippen LogP contribution in [0.4, 0.5) is 0 Å². The van der Waals surface area contributed by atoms with E-state index in [1.165, 1.54) is 38.5 Å². The van der Waals surface area contributed by atoms with Gasteiger partial charge in [0.15, 0.2) is 5.78 Å². The number of nitrogens with zero attached hydrogens (tertiary/aromatic N) is 1. The maximum atomic E-state index is 13.9. The van der Waals surface area contributed by atoms with Gasteiger partial charge < -0.3 is 9.30 Å². The molecule has 0 atom stereocenters. The SMILES string of the molecule is CCCCCCOc1ccc(C(=O)c2cn(CCCCCC)c3ccccc23)c2ccccc12. The van der Waals surface area contributed by atoms with E-state index in [0.717, 1.165) is 57.9 Å². The first-order valence-electron chi connectivity index (χ1n) is 13.0. The van der Waals surface area contributed by atoms with Crippen LogP contribution in [0.2, 0.25) is 0 Å². The normalized spacial score (nSPS) is 11.4. The van der Waals surface area contributed by atoms with E-state index in [-0.39, 0.29) is 5.78 Å². The summed E-state index contributed by atoms with van der Waals surface area (Å²) in [5.41, 5.74) is 2.66. The first-order valence-corrected chi connectivity index (χ1v) is 13.0. The summed E-state index contributed by atoms with van der Waals surface area (Å²) in [6.45, 7) is 6.10. The largest absolute Gasteiger partial charge is 0.493 e. The molecule has 4 rings (SSSR count). The monoisotopic (exact) mass is 455 g/mol. The summed E-state index contributed by atoms with van der Waals surface area (Å²) >= 11 is 0. The summed E-state index contributed by atoms with van der Waals surface area (Å²) in [7, 11) is 0. The number of ketones is 1. The minimum Gasteiger partial charge on any atom is -0.493 e. The minimum atomic E-state index is 0.0780. The molecule has 0 saturated carbocycles. The number of carbonyl (C=O) groups is 1. The molecule has 1 aromatic heterocycles. The van der Waals surface area contributed by atoms with Gasteiger partial charge in [-0.2, -0.15) is 0 Å². The van der Waals surface area contributed by atoms with E-state index in [1.807, 2.05) is 36.4 Å². The number of hydrogen-bond acceptors (Lipinski definition) is 2. The lowest BCUT2D eigenvalue weighted by atomic mass is 9.96. The molecule has 34 heavy (non-hydrogen) atoms. The zero-order chi connectivity index (χ0) is 23.8. The molecule has 3 aromatic carbocycles. The van der Waals surface area contributed by atoms with Crippen LogP contribution < -0.4 is 4.74 Å². The second-order valence-corrected chi connectivity index (χ2v) is 9.21. The molecular formula is C31H37NO2. The molecule has 0 aliphatic rings. The second kappa shape index (κ2) is 11.9. The van der Waals surface area contributed by atoms with Gasteiger partial charge in [-0.25, -0.2) is 0 Å². The number of aromatic nitrogens is 1. The van der Waals surface area contributed by atoms with Gasteiger partial charge in [-0.15, -0.1) is 0 Å². The minimum absolute atomic E-state index is 0.0780. The summed E-state index contributed by atoms with van der Waals surface area (Å²) in [5.74, 6) is 0.941. The van der Waals surface area contributed by atoms with Crippen molar-refractivity contribution < 1.29 is 9.53 Å². The Morgan fingerprint density at radius 3 is 2.15 bits per heavy atom. The number of unbranched alkanes of at least 4 members (excludes halogenated alkanes) is 6. The number of ether oxygens (including phenoxy) is 1. The Morgan fingerprint density at radius 2 is 1.38 bits per heavy atom. The van der Waals surface area contributed by atoms with Gasteiger partial charge in [-0.1, -0.05) is 94.8 Å². The van der Waals surface area contributed by atoms with Gasteiger partial charge in [0.1, 0.15) is 5.75 Å². The summed E-state index contributed by atoms with van der Waals surface area (Å²) in [6.07, 6.45) is 11.6. The Morgan fingerprint density at radius 1 is 0.706 bits per heavy atom. The zero-order valence-electron chi connectivity index (χ0n) is 20.7.